The molecule has 0 heterocycles. The topological polar surface area (TPSA) is 32.3 Å². The molecule has 90 valence electrons. The van der Waals surface area contributed by atoms with Crippen LogP contribution in [-0.2, 0) is 0 Å². The van der Waals surface area contributed by atoms with Gasteiger partial charge in [-0.1, -0.05) is 33.6 Å². The molecular weight excluding hydrogens is 186 g/mol. The number of hydrogen-bond acceptors (Lipinski definition) is 2. The Hall–Kier alpha value is -0.0800. The van der Waals surface area contributed by atoms with Crippen molar-refractivity contribution >= 4 is 0 Å². The van der Waals surface area contributed by atoms with Gasteiger partial charge in [0.1, 0.15) is 0 Å². The van der Waals surface area contributed by atoms with Crippen molar-refractivity contribution in [3.05, 3.63) is 0 Å². The lowest BCUT2D eigenvalue weighted by Crippen LogP contribution is -2.45. The van der Waals surface area contributed by atoms with Crippen molar-refractivity contribution in [2.75, 3.05) is 6.61 Å². The molecular formula is C13H27NO. The van der Waals surface area contributed by atoms with Crippen LogP contribution in [-0.4, -0.2) is 23.8 Å². The zero-order valence-electron chi connectivity index (χ0n) is 10.5. The van der Waals surface area contributed by atoms with Gasteiger partial charge in [-0.15, -0.1) is 0 Å². The standard InChI is InChI=1S/C13H27NO/c1-4-6-12(11-7-8-11)14-13(9-15)10(3)5-2/h10-15H,4-9H2,1-3H3. The van der Waals surface area contributed by atoms with Crippen LogP contribution >= 0.6 is 0 Å². The first-order valence-electron chi connectivity index (χ1n) is 6.59. The largest absolute Gasteiger partial charge is 0.395 e. The third-order valence-electron chi connectivity index (χ3n) is 3.75. The third kappa shape index (κ3) is 4.12. The van der Waals surface area contributed by atoms with E-state index in [2.05, 4.69) is 26.1 Å². The number of nitrogens with one attached hydrogen (secondary N) is 1. The molecule has 0 spiro atoms. The lowest BCUT2D eigenvalue weighted by molar-refractivity contribution is 0.183. The first-order chi connectivity index (χ1) is 7.22. The Morgan fingerprint density at radius 1 is 1.33 bits per heavy atom. The summed E-state index contributed by atoms with van der Waals surface area (Å²) in [4.78, 5) is 0. The maximum Gasteiger partial charge on any atom is 0.0587 e. The molecule has 15 heavy (non-hydrogen) atoms. The summed E-state index contributed by atoms with van der Waals surface area (Å²) >= 11 is 0. The molecule has 3 unspecified atom stereocenters. The van der Waals surface area contributed by atoms with Gasteiger partial charge in [-0.3, -0.25) is 0 Å². The number of rotatable bonds is 8. The Bertz CT molecular complexity index is 168. The minimum atomic E-state index is 0.280. The molecule has 0 bridgehead atoms. The highest BCUT2D eigenvalue weighted by atomic mass is 16.3. The summed E-state index contributed by atoms with van der Waals surface area (Å²) in [5, 5.41) is 13.1. The third-order valence-corrected chi connectivity index (χ3v) is 3.75. The highest BCUT2D eigenvalue weighted by Gasteiger charge is 2.32. The lowest BCUT2D eigenvalue weighted by atomic mass is 9.97. The SMILES string of the molecule is CCCC(NC(CO)C(C)CC)C1CC1. The van der Waals surface area contributed by atoms with E-state index in [0.717, 1.165) is 12.3 Å². The highest BCUT2D eigenvalue weighted by molar-refractivity contribution is 4.89. The molecule has 0 radical (unpaired) electrons. The monoisotopic (exact) mass is 213 g/mol. The molecule has 0 aliphatic heterocycles. The molecule has 0 saturated heterocycles. The van der Waals surface area contributed by atoms with Gasteiger partial charge in [0.25, 0.3) is 0 Å². The predicted octanol–water partition coefficient (Wildman–Crippen LogP) is 2.56. The average Bonchev–Trinajstić information content (AvgIpc) is 3.07. The van der Waals surface area contributed by atoms with E-state index in [4.69, 9.17) is 0 Å². The second kappa shape index (κ2) is 6.49. The second-order valence-corrected chi connectivity index (χ2v) is 5.07. The van der Waals surface area contributed by atoms with Crippen LogP contribution in [0.3, 0.4) is 0 Å². The van der Waals surface area contributed by atoms with Crippen LogP contribution in [0.15, 0.2) is 0 Å². The fourth-order valence-electron chi connectivity index (χ4n) is 2.22. The van der Waals surface area contributed by atoms with E-state index in [1.807, 2.05) is 0 Å². The fraction of sp³-hybridized carbons (Fsp3) is 1.00. The van der Waals surface area contributed by atoms with Crippen LogP contribution in [0, 0.1) is 11.8 Å². The Balaban J connectivity index is 2.39. The summed E-state index contributed by atoms with van der Waals surface area (Å²) in [6, 6.07) is 0.952. The maximum atomic E-state index is 9.38. The zero-order valence-corrected chi connectivity index (χ0v) is 10.5. The van der Waals surface area contributed by atoms with Crippen LogP contribution < -0.4 is 5.32 Å². The Morgan fingerprint density at radius 2 is 2.00 bits per heavy atom. The van der Waals surface area contributed by atoms with Gasteiger partial charge in [0.2, 0.25) is 0 Å². The minimum Gasteiger partial charge on any atom is -0.395 e. The molecule has 0 aromatic rings. The van der Waals surface area contributed by atoms with Crippen molar-refractivity contribution in [1.82, 2.24) is 5.32 Å². The summed E-state index contributed by atoms with van der Waals surface area (Å²) in [6.45, 7) is 6.95. The van der Waals surface area contributed by atoms with E-state index in [0.29, 0.717) is 18.0 Å². The van der Waals surface area contributed by atoms with E-state index < -0.39 is 0 Å². The Morgan fingerprint density at radius 3 is 2.40 bits per heavy atom. The molecule has 3 atom stereocenters. The van der Waals surface area contributed by atoms with Crippen LogP contribution in [0.4, 0.5) is 0 Å². The minimum absolute atomic E-state index is 0.280. The van der Waals surface area contributed by atoms with Crippen LogP contribution in [0.25, 0.3) is 0 Å². The molecule has 2 nitrogen and oxygen atoms in total. The number of aliphatic hydroxyl groups is 1. The molecule has 0 aromatic carbocycles. The number of aliphatic hydroxyl groups excluding tert-OH is 1. The molecule has 0 aromatic heterocycles. The first kappa shape index (κ1) is 13.0. The van der Waals surface area contributed by atoms with Crippen molar-refractivity contribution in [2.24, 2.45) is 11.8 Å². The van der Waals surface area contributed by atoms with E-state index >= 15 is 0 Å². The average molecular weight is 213 g/mol. The summed E-state index contributed by atoms with van der Waals surface area (Å²) in [6.07, 6.45) is 6.42. The van der Waals surface area contributed by atoms with E-state index in [-0.39, 0.29) is 6.61 Å². The van der Waals surface area contributed by atoms with Crippen molar-refractivity contribution < 1.29 is 5.11 Å². The fourth-order valence-corrected chi connectivity index (χ4v) is 2.22. The van der Waals surface area contributed by atoms with Gasteiger partial charge in [0.15, 0.2) is 0 Å². The molecule has 0 amide bonds. The molecule has 1 rings (SSSR count). The van der Waals surface area contributed by atoms with Crippen LogP contribution in [0.2, 0.25) is 0 Å². The summed E-state index contributed by atoms with van der Waals surface area (Å²) in [5.74, 6) is 1.47. The van der Waals surface area contributed by atoms with Crippen LogP contribution in [0.5, 0.6) is 0 Å². The zero-order chi connectivity index (χ0) is 11.3. The molecule has 2 heteroatoms. The Labute approximate surface area is 94.5 Å². The normalized spacial score (nSPS) is 22.4. The van der Waals surface area contributed by atoms with Gasteiger partial charge in [-0.05, 0) is 31.1 Å². The maximum absolute atomic E-state index is 9.38. The van der Waals surface area contributed by atoms with Crippen molar-refractivity contribution in [2.45, 2.75) is 65.0 Å². The van der Waals surface area contributed by atoms with Gasteiger partial charge >= 0.3 is 0 Å². The van der Waals surface area contributed by atoms with Gasteiger partial charge in [0.05, 0.1) is 6.61 Å². The van der Waals surface area contributed by atoms with Gasteiger partial charge in [-0.25, -0.2) is 0 Å². The van der Waals surface area contributed by atoms with E-state index in [9.17, 15) is 5.11 Å². The molecule has 1 aliphatic carbocycles. The molecule has 1 aliphatic rings. The number of hydrogen-bond donors (Lipinski definition) is 2. The van der Waals surface area contributed by atoms with E-state index in [1.165, 1.54) is 25.7 Å². The van der Waals surface area contributed by atoms with Crippen LogP contribution in [0.1, 0.15) is 52.9 Å². The first-order valence-corrected chi connectivity index (χ1v) is 6.59. The summed E-state index contributed by atoms with van der Waals surface area (Å²) in [5.41, 5.74) is 0. The predicted molar refractivity (Wildman–Crippen MR) is 64.9 cm³/mol. The lowest BCUT2D eigenvalue weighted by Gasteiger charge is -2.28. The summed E-state index contributed by atoms with van der Waals surface area (Å²) in [7, 11) is 0. The van der Waals surface area contributed by atoms with Gasteiger partial charge in [-0.2, -0.15) is 0 Å². The second-order valence-electron chi connectivity index (χ2n) is 5.07. The molecule has 2 N–H and O–H groups in total. The quantitative estimate of drug-likeness (QED) is 0.649. The van der Waals surface area contributed by atoms with E-state index in [1.54, 1.807) is 0 Å². The Kier molecular flexibility index (Phi) is 5.62. The molecule has 1 saturated carbocycles. The smallest absolute Gasteiger partial charge is 0.0587 e. The molecule has 1 fully saturated rings. The van der Waals surface area contributed by atoms with Crippen molar-refractivity contribution in [1.29, 1.82) is 0 Å². The summed E-state index contributed by atoms with van der Waals surface area (Å²) < 4.78 is 0. The van der Waals surface area contributed by atoms with Crippen molar-refractivity contribution in [3.8, 4) is 0 Å². The van der Waals surface area contributed by atoms with Gasteiger partial charge in [0, 0.05) is 12.1 Å². The van der Waals surface area contributed by atoms with Crippen molar-refractivity contribution in [3.63, 3.8) is 0 Å². The highest BCUT2D eigenvalue weighted by Crippen LogP contribution is 2.35. The van der Waals surface area contributed by atoms with Gasteiger partial charge < -0.3 is 10.4 Å².